The van der Waals surface area contributed by atoms with E-state index in [1.54, 1.807) is 7.11 Å². The van der Waals surface area contributed by atoms with Gasteiger partial charge in [-0.1, -0.05) is 39.1 Å². The molecule has 10 aliphatic heterocycles. The number of ether oxygens (including phenoxy) is 12. The van der Waals surface area contributed by atoms with Crippen LogP contribution < -0.4 is 4.74 Å². The molecule has 0 unspecified atom stereocenters. The van der Waals surface area contributed by atoms with Crippen molar-refractivity contribution in [3.8, 4) is 5.75 Å². The van der Waals surface area contributed by atoms with E-state index in [0.717, 1.165) is 67.4 Å². The van der Waals surface area contributed by atoms with E-state index in [9.17, 15) is 15.0 Å². The minimum Gasteiger partial charge on any atom is -0.497 e. The summed E-state index contributed by atoms with van der Waals surface area (Å²) in [5, 5.41) is 20.7. The van der Waals surface area contributed by atoms with E-state index in [1.807, 2.05) is 24.3 Å². The van der Waals surface area contributed by atoms with Crippen LogP contribution in [-0.2, 0) is 63.5 Å². The average molecular weight is 925 g/mol. The summed E-state index contributed by atoms with van der Waals surface area (Å²) in [6.45, 7) is 13.7. The van der Waals surface area contributed by atoms with Gasteiger partial charge in [-0.2, -0.15) is 0 Å². The van der Waals surface area contributed by atoms with E-state index in [1.165, 1.54) is 7.11 Å². The number of methoxy groups -OCH3 is 2. The van der Waals surface area contributed by atoms with Crippen molar-refractivity contribution in [3.63, 3.8) is 0 Å². The molecular formula is C51H72O15. The number of hydrogen-bond donors (Lipinski definition) is 2. The Kier molecular flexibility index (Phi) is 14.1. The normalized spacial score (nSPS) is 45.9. The van der Waals surface area contributed by atoms with Crippen LogP contribution in [0.5, 0.6) is 5.75 Å². The van der Waals surface area contributed by atoms with Gasteiger partial charge in [0.25, 0.3) is 0 Å². The van der Waals surface area contributed by atoms with Gasteiger partial charge in [-0.15, -0.1) is 0 Å². The molecular weight excluding hydrogens is 853 g/mol. The molecule has 11 rings (SSSR count). The van der Waals surface area contributed by atoms with E-state index in [-0.39, 0.29) is 128 Å². The molecule has 6 bridgehead atoms. The molecule has 66 heavy (non-hydrogen) atoms. The number of hydrogen-bond acceptors (Lipinski definition) is 15. The van der Waals surface area contributed by atoms with Gasteiger partial charge in [-0.05, 0) is 86.1 Å². The molecule has 10 saturated heterocycles. The molecule has 0 saturated carbocycles. The standard InChI is InChI=1S/C51H72O15/c1-26-19-32(59-39(28(26)3)23-41-44(57-25-30-7-9-31(55-5)10-8-30)29(4)45-40(61-41)22-35(53)37(62-45)16-18-52)11-13-36-27(2)20-34(58-36)15-17-51-24-42-47(65-51)48-49(64-42)50(66-51)46-38(63-48)14-12-33(60-46)21-43(54)56-6/h7-10,26,29,32-42,44-50,52-53H,2-3,11-25H2,1,4-6H3/t26-,29-,32+,33-,34+,35-,36+,37-,38+,39-,40+,41+,42+,44-,45+,46+,47+,48+,49+,50+,51+/m1/s1. The molecule has 0 amide bonds. The van der Waals surface area contributed by atoms with Crippen molar-refractivity contribution in [1.29, 1.82) is 0 Å². The number of rotatable bonds is 16. The third-order valence-corrected chi connectivity index (χ3v) is 16.4. The lowest BCUT2D eigenvalue weighted by molar-refractivity contribution is -0.293. The highest BCUT2D eigenvalue weighted by Gasteiger charge is 2.69. The van der Waals surface area contributed by atoms with Gasteiger partial charge in [0, 0.05) is 38.2 Å². The Balaban J connectivity index is 0.749. The van der Waals surface area contributed by atoms with Crippen molar-refractivity contribution >= 4 is 5.97 Å². The summed E-state index contributed by atoms with van der Waals surface area (Å²) in [6.07, 6.45) is 3.86. The fourth-order valence-electron chi connectivity index (χ4n) is 12.8. The summed E-state index contributed by atoms with van der Waals surface area (Å²) in [5.41, 5.74) is 3.19. The van der Waals surface area contributed by atoms with Gasteiger partial charge in [-0.3, -0.25) is 4.79 Å². The molecule has 10 aliphatic rings. The Bertz CT molecular complexity index is 1880. The SMILES string of the molecule is C=C1C[C@H](CC[C@@]23C[C@@H]4O[C@H]5[C@@H](O[C@H]6CC[C@H](CC(=O)OC)O[C@@H]6[C@@H]5O2)[C@H]4O3)O[C@H]1CC[C@H]1C[C@@H](C)C(=C)[C@@H](C[C@@H]2O[C@H]3C[C@@H](O)[C@@H](CCO)O[C@H]3[C@H](C)[C@H]2OCc2ccc(OC)cc2)O1. The third kappa shape index (κ3) is 9.43. The zero-order chi connectivity index (χ0) is 45.9. The van der Waals surface area contributed by atoms with E-state index < -0.39 is 18.0 Å². The van der Waals surface area contributed by atoms with Crippen molar-refractivity contribution < 1.29 is 71.8 Å². The lowest BCUT2D eigenvalue weighted by Crippen LogP contribution is -2.61. The largest absolute Gasteiger partial charge is 0.497 e. The summed E-state index contributed by atoms with van der Waals surface area (Å²) >= 11 is 0. The highest BCUT2D eigenvalue weighted by molar-refractivity contribution is 5.69. The number of esters is 1. The maximum absolute atomic E-state index is 12.1. The molecule has 10 fully saturated rings. The maximum atomic E-state index is 12.1. The fourth-order valence-corrected chi connectivity index (χ4v) is 12.8. The summed E-state index contributed by atoms with van der Waals surface area (Å²) in [5.74, 6) is -0.110. The summed E-state index contributed by atoms with van der Waals surface area (Å²) in [4.78, 5) is 12.1. The first-order valence-corrected chi connectivity index (χ1v) is 24.8. The second kappa shape index (κ2) is 19.7. The van der Waals surface area contributed by atoms with Gasteiger partial charge in [0.05, 0.1) is 107 Å². The number of carbonyl (C=O) groups excluding carboxylic acids is 1. The summed E-state index contributed by atoms with van der Waals surface area (Å²) < 4.78 is 77.4. The number of carbonyl (C=O) groups is 1. The molecule has 21 atom stereocenters. The number of aliphatic hydroxyl groups excluding tert-OH is 2. The molecule has 15 nitrogen and oxygen atoms in total. The number of benzene rings is 1. The van der Waals surface area contributed by atoms with Crippen LogP contribution in [0.25, 0.3) is 0 Å². The number of fused-ring (bicyclic) bond motifs is 2. The second-order valence-electron chi connectivity index (χ2n) is 20.7. The summed E-state index contributed by atoms with van der Waals surface area (Å²) in [7, 11) is 3.06. The van der Waals surface area contributed by atoms with Gasteiger partial charge in [-0.25, -0.2) is 0 Å². The number of aliphatic hydroxyl groups is 2. The van der Waals surface area contributed by atoms with E-state index in [4.69, 9.17) is 56.8 Å². The molecule has 1 aromatic carbocycles. The zero-order valence-electron chi connectivity index (χ0n) is 39.1. The summed E-state index contributed by atoms with van der Waals surface area (Å²) in [6, 6.07) is 7.88. The molecule has 0 aliphatic carbocycles. The van der Waals surface area contributed by atoms with Crippen LogP contribution in [0, 0.1) is 11.8 Å². The molecule has 10 heterocycles. The van der Waals surface area contributed by atoms with Crippen LogP contribution in [0.1, 0.15) is 103 Å². The van der Waals surface area contributed by atoms with Crippen LogP contribution in [-0.4, -0.2) is 153 Å². The molecule has 0 radical (unpaired) electrons. The Labute approximate surface area is 389 Å². The van der Waals surface area contributed by atoms with Crippen LogP contribution in [0.2, 0.25) is 0 Å². The van der Waals surface area contributed by atoms with Crippen LogP contribution in [0.4, 0.5) is 0 Å². The first kappa shape index (κ1) is 47.2. The van der Waals surface area contributed by atoms with Crippen LogP contribution in [0.15, 0.2) is 48.6 Å². The van der Waals surface area contributed by atoms with Crippen molar-refractivity contribution in [2.75, 3.05) is 20.8 Å². The topological polar surface area (TPSA) is 168 Å². The first-order valence-electron chi connectivity index (χ1n) is 24.8. The van der Waals surface area contributed by atoms with Gasteiger partial charge >= 0.3 is 5.97 Å². The Morgan fingerprint density at radius 3 is 2.32 bits per heavy atom. The zero-order valence-corrected chi connectivity index (χ0v) is 39.1. The second-order valence-corrected chi connectivity index (χ2v) is 20.7. The van der Waals surface area contributed by atoms with E-state index in [2.05, 4.69) is 27.0 Å². The van der Waals surface area contributed by atoms with Crippen LogP contribution >= 0.6 is 0 Å². The predicted molar refractivity (Wildman–Crippen MR) is 236 cm³/mol. The van der Waals surface area contributed by atoms with Crippen molar-refractivity contribution in [1.82, 2.24) is 0 Å². The van der Waals surface area contributed by atoms with Gasteiger partial charge in [0.2, 0.25) is 0 Å². The van der Waals surface area contributed by atoms with Crippen molar-refractivity contribution in [2.45, 2.75) is 220 Å². The Morgan fingerprint density at radius 2 is 1.53 bits per heavy atom. The lowest BCUT2D eigenvalue weighted by Gasteiger charge is -2.51. The minimum absolute atomic E-state index is 0.00525. The minimum atomic E-state index is -0.820. The third-order valence-electron chi connectivity index (χ3n) is 16.4. The van der Waals surface area contributed by atoms with E-state index >= 15 is 0 Å². The highest BCUT2D eigenvalue weighted by atomic mass is 16.8. The first-order chi connectivity index (χ1) is 31.9. The van der Waals surface area contributed by atoms with Crippen molar-refractivity contribution in [2.24, 2.45) is 11.8 Å². The maximum Gasteiger partial charge on any atom is 0.308 e. The smallest absolute Gasteiger partial charge is 0.308 e. The van der Waals surface area contributed by atoms with E-state index in [0.29, 0.717) is 38.7 Å². The molecule has 0 aromatic heterocycles. The van der Waals surface area contributed by atoms with Gasteiger partial charge < -0.3 is 67.1 Å². The predicted octanol–water partition coefficient (Wildman–Crippen LogP) is 5.43. The molecule has 2 N–H and O–H groups in total. The fraction of sp³-hybridized carbons (Fsp3) is 0.784. The molecule has 15 heteroatoms. The molecule has 1 aromatic rings. The highest BCUT2D eigenvalue weighted by Crippen LogP contribution is 2.54. The Morgan fingerprint density at radius 1 is 0.758 bits per heavy atom. The Hall–Kier alpha value is -2.51. The average Bonchev–Trinajstić information content (AvgIpc) is 3.90. The van der Waals surface area contributed by atoms with Gasteiger partial charge in [0.1, 0.15) is 36.3 Å². The van der Waals surface area contributed by atoms with Crippen molar-refractivity contribution in [3.05, 3.63) is 54.1 Å². The monoisotopic (exact) mass is 924 g/mol. The lowest BCUT2D eigenvalue weighted by atomic mass is 9.79. The van der Waals surface area contributed by atoms with Crippen LogP contribution in [0.3, 0.4) is 0 Å². The quantitative estimate of drug-likeness (QED) is 0.159. The van der Waals surface area contributed by atoms with Gasteiger partial charge in [0.15, 0.2) is 5.79 Å². The molecule has 366 valence electrons. The molecule has 0 spiro atoms.